The molecule has 0 atom stereocenters. The van der Waals surface area contributed by atoms with Crippen LogP contribution in [-0.2, 0) is 11.3 Å². The highest BCUT2D eigenvalue weighted by molar-refractivity contribution is 5.69. The first-order valence-electron chi connectivity index (χ1n) is 5.25. The number of nitriles is 1. The van der Waals surface area contributed by atoms with Gasteiger partial charge in [-0.25, -0.2) is 8.78 Å². The van der Waals surface area contributed by atoms with E-state index in [0.29, 0.717) is 0 Å². The first kappa shape index (κ1) is 14.1. The van der Waals surface area contributed by atoms with Gasteiger partial charge in [-0.1, -0.05) is 6.07 Å². The molecule has 0 bridgehead atoms. The highest BCUT2D eigenvalue weighted by Crippen LogP contribution is 2.12. The van der Waals surface area contributed by atoms with Gasteiger partial charge in [0.2, 0.25) is 0 Å². The average Bonchev–Trinajstić information content (AvgIpc) is 2.31. The quantitative estimate of drug-likeness (QED) is 0.836. The number of benzene rings is 1. The average molecular weight is 254 g/mol. The molecule has 1 aromatic carbocycles. The zero-order chi connectivity index (χ0) is 13.5. The molecule has 0 radical (unpaired) electrons. The molecule has 6 heteroatoms. The normalized spacial score (nSPS) is 10.3. The van der Waals surface area contributed by atoms with Crippen molar-refractivity contribution in [1.82, 2.24) is 4.90 Å². The number of aliphatic carboxylic acids is 1. The van der Waals surface area contributed by atoms with Gasteiger partial charge in [0.1, 0.15) is 12.5 Å². The second kappa shape index (κ2) is 6.67. The first-order chi connectivity index (χ1) is 8.56. The Morgan fingerprint density at radius 1 is 1.50 bits per heavy atom. The fourth-order valence-electron chi connectivity index (χ4n) is 1.51. The second-order valence-electron chi connectivity index (χ2n) is 3.71. The molecule has 96 valence electrons. The molecule has 0 aliphatic rings. The van der Waals surface area contributed by atoms with E-state index in [-0.39, 0.29) is 30.8 Å². The number of carboxylic acid groups (broad SMARTS) is 1. The van der Waals surface area contributed by atoms with Gasteiger partial charge in [-0.2, -0.15) is 5.26 Å². The first-order valence-corrected chi connectivity index (χ1v) is 5.25. The van der Waals surface area contributed by atoms with Gasteiger partial charge in [0.15, 0.2) is 0 Å². The summed E-state index contributed by atoms with van der Waals surface area (Å²) in [5.41, 5.74) is 0.426. The van der Waals surface area contributed by atoms with Gasteiger partial charge in [-0.15, -0.1) is 0 Å². The molecule has 0 heterocycles. The van der Waals surface area contributed by atoms with E-state index in [1.807, 2.05) is 0 Å². The number of hydrogen-bond donors (Lipinski definition) is 1. The van der Waals surface area contributed by atoms with Gasteiger partial charge in [0, 0.05) is 18.7 Å². The summed E-state index contributed by atoms with van der Waals surface area (Å²) in [5, 5.41) is 17.2. The molecule has 1 rings (SSSR count). The Labute approximate surface area is 103 Å². The molecule has 18 heavy (non-hydrogen) atoms. The van der Waals surface area contributed by atoms with E-state index < -0.39 is 18.5 Å². The van der Waals surface area contributed by atoms with Crippen LogP contribution in [0.5, 0.6) is 0 Å². The van der Waals surface area contributed by atoms with Crippen LogP contribution in [0.25, 0.3) is 0 Å². The summed E-state index contributed by atoms with van der Waals surface area (Å²) in [6.07, 6.45) is 0. The van der Waals surface area contributed by atoms with Gasteiger partial charge in [0.25, 0.3) is 0 Å². The number of halogens is 2. The molecule has 0 saturated heterocycles. The third-order valence-electron chi connectivity index (χ3n) is 2.34. The lowest BCUT2D eigenvalue weighted by molar-refractivity contribution is -0.138. The van der Waals surface area contributed by atoms with Gasteiger partial charge in [-0.05, 0) is 12.1 Å². The van der Waals surface area contributed by atoms with Crippen LogP contribution in [-0.4, -0.2) is 35.7 Å². The minimum absolute atomic E-state index is 0.00619. The van der Waals surface area contributed by atoms with E-state index >= 15 is 0 Å². The molecule has 1 N–H and O–H groups in total. The van der Waals surface area contributed by atoms with E-state index in [1.165, 1.54) is 17.0 Å². The molecule has 0 aliphatic carbocycles. The molecule has 0 aliphatic heterocycles. The summed E-state index contributed by atoms with van der Waals surface area (Å²) >= 11 is 0. The van der Waals surface area contributed by atoms with Gasteiger partial charge >= 0.3 is 5.97 Å². The molecule has 0 spiro atoms. The van der Waals surface area contributed by atoms with E-state index in [2.05, 4.69) is 0 Å². The van der Waals surface area contributed by atoms with Crippen molar-refractivity contribution in [3.8, 4) is 6.07 Å². The maximum absolute atomic E-state index is 13.6. The maximum atomic E-state index is 13.6. The molecule has 0 saturated carbocycles. The summed E-state index contributed by atoms with van der Waals surface area (Å²) in [4.78, 5) is 11.8. The monoisotopic (exact) mass is 254 g/mol. The van der Waals surface area contributed by atoms with Crippen LogP contribution in [0.2, 0.25) is 0 Å². The van der Waals surface area contributed by atoms with Crippen LogP contribution in [0.3, 0.4) is 0 Å². The Kier molecular flexibility index (Phi) is 5.21. The SMILES string of the molecule is N#Cc1ccc(CN(CCF)CC(=O)O)c(F)c1. The van der Waals surface area contributed by atoms with Crippen molar-refractivity contribution in [1.29, 1.82) is 5.26 Å². The molecule has 4 nitrogen and oxygen atoms in total. The van der Waals surface area contributed by atoms with E-state index in [0.717, 1.165) is 6.07 Å². The Morgan fingerprint density at radius 2 is 2.22 bits per heavy atom. The van der Waals surface area contributed by atoms with Crippen molar-refractivity contribution in [2.75, 3.05) is 19.8 Å². The summed E-state index contributed by atoms with van der Waals surface area (Å²) < 4.78 is 25.8. The molecular weight excluding hydrogens is 242 g/mol. The highest BCUT2D eigenvalue weighted by Gasteiger charge is 2.12. The van der Waals surface area contributed by atoms with Crippen LogP contribution in [0, 0.1) is 17.1 Å². The lowest BCUT2D eigenvalue weighted by Gasteiger charge is -2.18. The summed E-state index contributed by atoms with van der Waals surface area (Å²) in [6, 6.07) is 5.71. The number of hydrogen-bond acceptors (Lipinski definition) is 3. The Bertz CT molecular complexity index is 472. The molecule has 0 aromatic heterocycles. The zero-order valence-electron chi connectivity index (χ0n) is 9.57. The minimum atomic E-state index is -1.10. The summed E-state index contributed by atoms with van der Waals surface area (Å²) in [5.74, 6) is -1.69. The molecule has 1 aromatic rings. The van der Waals surface area contributed by atoms with Crippen LogP contribution in [0.1, 0.15) is 11.1 Å². The third-order valence-corrected chi connectivity index (χ3v) is 2.34. The fraction of sp³-hybridized carbons (Fsp3) is 0.333. The number of alkyl halides is 1. The van der Waals surface area contributed by atoms with Crippen LogP contribution < -0.4 is 0 Å². The Hall–Kier alpha value is -2.00. The van der Waals surface area contributed by atoms with E-state index in [4.69, 9.17) is 10.4 Å². The standard InChI is InChI=1S/C12H12F2N2O2/c13-3-4-16(8-12(17)18)7-10-2-1-9(6-15)5-11(10)14/h1-2,5H,3-4,7-8H2,(H,17,18). The van der Waals surface area contributed by atoms with Crippen LogP contribution in [0.4, 0.5) is 8.78 Å². The van der Waals surface area contributed by atoms with E-state index in [9.17, 15) is 13.6 Å². The van der Waals surface area contributed by atoms with Gasteiger partial charge < -0.3 is 5.11 Å². The largest absolute Gasteiger partial charge is 0.480 e. The zero-order valence-corrected chi connectivity index (χ0v) is 9.57. The molecule has 0 unspecified atom stereocenters. The highest BCUT2D eigenvalue weighted by atomic mass is 19.1. The fourth-order valence-corrected chi connectivity index (χ4v) is 1.51. The molecular formula is C12H12F2N2O2. The molecule has 0 amide bonds. The molecule has 0 fully saturated rings. The van der Waals surface area contributed by atoms with Crippen molar-refractivity contribution >= 4 is 5.97 Å². The topological polar surface area (TPSA) is 64.3 Å². The number of nitrogens with zero attached hydrogens (tertiary/aromatic N) is 2. The summed E-state index contributed by atoms with van der Waals surface area (Å²) in [6.45, 7) is -1.14. The van der Waals surface area contributed by atoms with Crippen molar-refractivity contribution in [2.24, 2.45) is 0 Å². The lowest BCUT2D eigenvalue weighted by atomic mass is 10.1. The minimum Gasteiger partial charge on any atom is -0.480 e. The predicted molar refractivity (Wildman–Crippen MR) is 60.0 cm³/mol. The Morgan fingerprint density at radius 3 is 2.72 bits per heavy atom. The second-order valence-corrected chi connectivity index (χ2v) is 3.71. The van der Waals surface area contributed by atoms with Gasteiger partial charge in [0.05, 0.1) is 18.2 Å². The lowest BCUT2D eigenvalue weighted by Crippen LogP contribution is -2.31. The van der Waals surface area contributed by atoms with Crippen molar-refractivity contribution in [3.05, 3.63) is 35.1 Å². The summed E-state index contributed by atoms with van der Waals surface area (Å²) in [7, 11) is 0. The predicted octanol–water partition coefficient (Wildman–Crippen LogP) is 1.55. The smallest absolute Gasteiger partial charge is 0.317 e. The van der Waals surface area contributed by atoms with Crippen molar-refractivity contribution in [2.45, 2.75) is 6.54 Å². The number of rotatable bonds is 6. The maximum Gasteiger partial charge on any atom is 0.317 e. The number of carbonyl (C=O) groups is 1. The van der Waals surface area contributed by atoms with Crippen molar-refractivity contribution in [3.63, 3.8) is 0 Å². The van der Waals surface area contributed by atoms with Crippen LogP contribution >= 0.6 is 0 Å². The van der Waals surface area contributed by atoms with Crippen LogP contribution in [0.15, 0.2) is 18.2 Å². The number of carboxylic acids is 1. The van der Waals surface area contributed by atoms with E-state index in [1.54, 1.807) is 6.07 Å². The third kappa shape index (κ3) is 4.11. The van der Waals surface area contributed by atoms with Crippen molar-refractivity contribution < 1.29 is 18.7 Å². The van der Waals surface area contributed by atoms with Gasteiger partial charge in [-0.3, -0.25) is 9.69 Å². The Balaban J connectivity index is 2.80.